The Hall–Kier alpha value is -1.73. The van der Waals surface area contributed by atoms with E-state index in [1.165, 1.54) is 11.8 Å². The van der Waals surface area contributed by atoms with E-state index < -0.39 is 10.7 Å². The van der Waals surface area contributed by atoms with Crippen molar-refractivity contribution in [2.24, 2.45) is 0 Å². The minimum atomic E-state index is -1.06. The van der Waals surface area contributed by atoms with E-state index in [0.717, 1.165) is 28.3 Å². The summed E-state index contributed by atoms with van der Waals surface area (Å²) in [7, 11) is 0. The summed E-state index contributed by atoms with van der Waals surface area (Å²) in [5.41, 5.74) is 2.84. The number of aromatic nitrogens is 1. The molecule has 1 aromatic heterocycles. The molecule has 0 unspecified atom stereocenters. The van der Waals surface area contributed by atoms with E-state index in [1.54, 1.807) is 13.8 Å². The normalized spacial score (nSPS) is 11.0. The number of carbonyl (C=O) groups excluding carboxylic acids is 1. The molecule has 0 amide bonds. The van der Waals surface area contributed by atoms with Gasteiger partial charge in [0.1, 0.15) is 11.5 Å². The first kappa shape index (κ1) is 24.5. The molecule has 7 heteroatoms. The van der Waals surface area contributed by atoms with Gasteiger partial charge >= 0.3 is 29.6 Å². The molecule has 5 nitrogen and oxygen atoms in total. The number of carboxylic acids is 1. The van der Waals surface area contributed by atoms with Crippen LogP contribution < -0.4 is 39.4 Å². The Labute approximate surface area is 203 Å². The Morgan fingerprint density at radius 1 is 1.17 bits per heavy atom. The van der Waals surface area contributed by atoms with Crippen LogP contribution in [0.15, 0.2) is 59.0 Å². The average molecular weight is 434 g/mol. The first-order valence-electron chi connectivity index (χ1n) is 9.44. The maximum atomic E-state index is 11.1. The molecule has 0 aliphatic carbocycles. The molecular weight excluding hydrogens is 409 g/mol. The van der Waals surface area contributed by atoms with E-state index in [2.05, 4.69) is 4.98 Å². The van der Waals surface area contributed by atoms with Gasteiger partial charge in [-0.3, -0.25) is 0 Å². The third-order valence-corrected chi connectivity index (χ3v) is 5.88. The average Bonchev–Trinajstić information content (AvgIpc) is 3.08. The molecule has 2 aromatic carbocycles. The summed E-state index contributed by atoms with van der Waals surface area (Å²) >= 11 is 1.33. The minimum Gasteiger partial charge on any atom is -0.549 e. The van der Waals surface area contributed by atoms with Gasteiger partial charge < -0.3 is 19.1 Å². The van der Waals surface area contributed by atoms with Crippen LogP contribution in [0.4, 0.5) is 0 Å². The summed E-state index contributed by atoms with van der Waals surface area (Å²) in [6.07, 6.45) is 0.638. The maximum Gasteiger partial charge on any atom is 1.00 e. The second kappa shape index (κ2) is 11.0. The predicted molar refractivity (Wildman–Crippen MR) is 113 cm³/mol. The van der Waals surface area contributed by atoms with Gasteiger partial charge in [-0.25, -0.2) is 4.98 Å². The molecule has 152 valence electrons. The third kappa shape index (κ3) is 6.64. The molecule has 0 saturated heterocycles. The second-order valence-corrected chi connectivity index (χ2v) is 8.82. The van der Waals surface area contributed by atoms with Gasteiger partial charge in [-0.15, -0.1) is 11.8 Å². The number of rotatable bonds is 9. The Bertz CT molecular complexity index is 972. The number of aryl methyl sites for hydroxylation is 1. The summed E-state index contributed by atoms with van der Waals surface area (Å²) in [5, 5.41) is 11.1. The topological polar surface area (TPSA) is 75.4 Å². The number of carboxylic acid groups (broad SMARTS) is 1. The zero-order chi connectivity index (χ0) is 20.9. The van der Waals surface area contributed by atoms with Crippen LogP contribution in [0.25, 0.3) is 11.5 Å². The molecule has 0 atom stereocenters. The fourth-order valence-corrected chi connectivity index (χ4v) is 3.50. The molecule has 0 radical (unpaired) electrons. The van der Waals surface area contributed by atoms with E-state index in [9.17, 15) is 9.90 Å². The molecule has 0 bridgehead atoms. The number of nitrogens with zero attached hydrogens (tertiary/aromatic N) is 1. The second-order valence-electron chi connectivity index (χ2n) is 7.22. The van der Waals surface area contributed by atoms with Gasteiger partial charge in [0.25, 0.3) is 0 Å². The van der Waals surface area contributed by atoms with E-state index >= 15 is 0 Å². The van der Waals surface area contributed by atoms with E-state index in [0.29, 0.717) is 24.7 Å². The van der Waals surface area contributed by atoms with Gasteiger partial charge in [0.15, 0.2) is 0 Å². The van der Waals surface area contributed by atoms with Crippen LogP contribution in [0.3, 0.4) is 0 Å². The van der Waals surface area contributed by atoms with Crippen molar-refractivity contribution in [1.29, 1.82) is 0 Å². The smallest absolute Gasteiger partial charge is 0.549 e. The molecule has 0 saturated carbocycles. The SMILES string of the molecule is Cc1oc(-c2ccccc2)nc1CCOc1cccc(CSC(C)(C)C(=O)[O-])c1.[Na+]. The number of aliphatic carboxylic acids is 1. The number of hydrogen-bond donors (Lipinski definition) is 0. The molecule has 0 aliphatic heterocycles. The predicted octanol–water partition coefficient (Wildman–Crippen LogP) is 1.04. The standard InChI is InChI=1S/C23H25NO4S.Na/c1-16-20(24-21(28-16)18-9-5-4-6-10-18)12-13-27-19-11-7-8-17(14-19)15-29-23(2,3)22(25)26;/h4-11,14H,12-13,15H2,1-3H3,(H,25,26);/q;+1/p-1. The fraction of sp³-hybridized carbons (Fsp3) is 0.304. The molecule has 30 heavy (non-hydrogen) atoms. The van der Waals surface area contributed by atoms with Gasteiger partial charge in [0, 0.05) is 17.7 Å². The van der Waals surface area contributed by atoms with Crippen molar-refractivity contribution in [2.45, 2.75) is 37.7 Å². The van der Waals surface area contributed by atoms with Crippen molar-refractivity contribution in [2.75, 3.05) is 6.61 Å². The van der Waals surface area contributed by atoms with E-state index in [-0.39, 0.29) is 29.6 Å². The molecule has 0 fully saturated rings. The van der Waals surface area contributed by atoms with E-state index in [1.807, 2.05) is 61.5 Å². The van der Waals surface area contributed by atoms with Crippen LogP contribution in [0.2, 0.25) is 0 Å². The zero-order valence-corrected chi connectivity index (χ0v) is 20.6. The number of carbonyl (C=O) groups is 1. The van der Waals surface area contributed by atoms with Crippen LogP contribution in [-0.4, -0.2) is 22.3 Å². The Morgan fingerprint density at radius 2 is 1.90 bits per heavy atom. The monoisotopic (exact) mass is 433 g/mol. The first-order valence-corrected chi connectivity index (χ1v) is 10.4. The van der Waals surface area contributed by atoms with Crippen LogP contribution in [0.5, 0.6) is 5.75 Å². The van der Waals surface area contributed by atoms with Gasteiger partial charge in [0.05, 0.1) is 23.0 Å². The number of oxazole rings is 1. The minimum absolute atomic E-state index is 0. The van der Waals surface area contributed by atoms with Crippen LogP contribution in [-0.2, 0) is 17.0 Å². The molecule has 3 rings (SSSR count). The molecule has 0 N–H and O–H groups in total. The quantitative estimate of drug-likeness (QED) is 0.470. The summed E-state index contributed by atoms with van der Waals surface area (Å²) < 4.78 is 10.7. The van der Waals surface area contributed by atoms with Crippen molar-refractivity contribution in [1.82, 2.24) is 4.98 Å². The summed E-state index contributed by atoms with van der Waals surface area (Å²) in [6, 6.07) is 17.5. The number of ether oxygens (including phenoxy) is 1. The van der Waals surface area contributed by atoms with Crippen LogP contribution >= 0.6 is 11.8 Å². The molecule has 0 aliphatic rings. The van der Waals surface area contributed by atoms with Crippen molar-refractivity contribution in [3.8, 4) is 17.2 Å². The Morgan fingerprint density at radius 3 is 2.60 bits per heavy atom. The van der Waals surface area contributed by atoms with Gasteiger partial charge in [-0.05, 0) is 50.6 Å². The van der Waals surface area contributed by atoms with Crippen molar-refractivity contribution < 1.29 is 48.6 Å². The van der Waals surface area contributed by atoms with Crippen molar-refractivity contribution in [3.63, 3.8) is 0 Å². The van der Waals surface area contributed by atoms with Gasteiger partial charge in [-0.2, -0.15) is 0 Å². The van der Waals surface area contributed by atoms with Crippen LogP contribution in [0, 0.1) is 6.92 Å². The summed E-state index contributed by atoms with van der Waals surface area (Å²) in [4.78, 5) is 15.7. The van der Waals surface area contributed by atoms with Crippen molar-refractivity contribution in [3.05, 3.63) is 71.6 Å². The summed E-state index contributed by atoms with van der Waals surface area (Å²) in [6.45, 7) is 5.68. The van der Waals surface area contributed by atoms with Crippen molar-refractivity contribution >= 4 is 17.7 Å². The number of thioether (sulfide) groups is 1. The maximum absolute atomic E-state index is 11.1. The fourth-order valence-electron chi connectivity index (χ4n) is 2.68. The summed E-state index contributed by atoms with van der Waals surface area (Å²) in [5.74, 6) is 1.67. The number of hydrogen-bond acceptors (Lipinski definition) is 6. The Kier molecular flexibility index (Phi) is 9.04. The molecule has 1 heterocycles. The largest absolute Gasteiger partial charge is 1.00 e. The first-order chi connectivity index (χ1) is 13.8. The number of benzene rings is 2. The van der Waals surface area contributed by atoms with Crippen LogP contribution in [0.1, 0.15) is 30.9 Å². The van der Waals surface area contributed by atoms with E-state index in [4.69, 9.17) is 9.15 Å². The third-order valence-electron chi connectivity index (χ3n) is 4.51. The molecule has 0 spiro atoms. The zero-order valence-electron chi connectivity index (χ0n) is 17.8. The Balaban J connectivity index is 0.00000320. The molecular formula is C23H24NNaO4S. The van der Waals surface area contributed by atoms with Gasteiger partial charge in [-0.1, -0.05) is 30.3 Å². The molecule has 3 aromatic rings. The van der Waals surface area contributed by atoms with Gasteiger partial charge in [0.2, 0.25) is 5.89 Å².